The second-order valence-electron chi connectivity index (χ2n) is 2.41. The van der Waals surface area contributed by atoms with Crippen LogP contribution in [-0.2, 0) is 0 Å². The fraction of sp³-hybridized carbons (Fsp3) is 0.500. The van der Waals surface area contributed by atoms with Crippen LogP contribution in [0.25, 0.3) is 0 Å². The van der Waals surface area contributed by atoms with E-state index in [1.54, 1.807) is 12.4 Å². The molecule has 0 saturated carbocycles. The fourth-order valence-electron chi connectivity index (χ4n) is 0.662. The molecule has 3 heteroatoms. The van der Waals surface area contributed by atoms with Gasteiger partial charge in [0.1, 0.15) is 6.33 Å². The molecule has 1 heterocycles. The van der Waals surface area contributed by atoms with Crippen LogP contribution in [-0.4, -0.2) is 16.1 Å². The zero-order chi connectivity index (χ0) is 8.10. The Balaban J connectivity index is 2.51. The molecule has 0 aliphatic carbocycles. The van der Waals surface area contributed by atoms with Gasteiger partial charge >= 0.3 is 0 Å². The lowest BCUT2D eigenvalue weighted by molar-refractivity contribution is 0.215. The third-order valence-electron chi connectivity index (χ3n) is 1.45. The van der Waals surface area contributed by atoms with Crippen LogP contribution >= 0.6 is 0 Å². The van der Waals surface area contributed by atoms with E-state index in [0.29, 0.717) is 0 Å². The van der Waals surface area contributed by atoms with Gasteiger partial charge in [0.05, 0.1) is 18.5 Å². The summed E-state index contributed by atoms with van der Waals surface area (Å²) >= 11 is 0. The molecule has 0 aliphatic rings. The Labute approximate surface area is 66.4 Å². The SMILES string of the molecule is CCC(C)Oc1cncnc1. The molecule has 0 spiro atoms. The molecule has 1 aromatic heterocycles. The summed E-state index contributed by atoms with van der Waals surface area (Å²) in [5.74, 6) is 0.738. The molecule has 0 amide bonds. The molecular weight excluding hydrogens is 140 g/mol. The Morgan fingerprint density at radius 1 is 1.45 bits per heavy atom. The van der Waals surface area contributed by atoms with E-state index in [-0.39, 0.29) is 6.10 Å². The summed E-state index contributed by atoms with van der Waals surface area (Å²) in [7, 11) is 0. The van der Waals surface area contributed by atoms with Gasteiger partial charge in [-0.2, -0.15) is 0 Å². The molecule has 0 aromatic carbocycles. The molecule has 1 unspecified atom stereocenters. The van der Waals surface area contributed by atoms with Crippen molar-refractivity contribution in [2.45, 2.75) is 26.4 Å². The van der Waals surface area contributed by atoms with Crippen LogP contribution in [0.4, 0.5) is 0 Å². The fourth-order valence-corrected chi connectivity index (χ4v) is 0.662. The number of aromatic nitrogens is 2. The van der Waals surface area contributed by atoms with E-state index in [9.17, 15) is 0 Å². The van der Waals surface area contributed by atoms with E-state index in [1.165, 1.54) is 6.33 Å². The van der Waals surface area contributed by atoms with Crippen molar-refractivity contribution in [2.24, 2.45) is 0 Å². The maximum atomic E-state index is 5.44. The van der Waals surface area contributed by atoms with Gasteiger partial charge in [-0.15, -0.1) is 0 Å². The number of hydrogen-bond donors (Lipinski definition) is 0. The van der Waals surface area contributed by atoms with E-state index < -0.39 is 0 Å². The summed E-state index contributed by atoms with van der Waals surface area (Å²) in [6, 6.07) is 0. The molecule has 0 aliphatic heterocycles. The van der Waals surface area contributed by atoms with Crippen LogP contribution in [0.5, 0.6) is 5.75 Å². The van der Waals surface area contributed by atoms with Crippen LogP contribution in [0.1, 0.15) is 20.3 Å². The zero-order valence-corrected chi connectivity index (χ0v) is 6.82. The molecule has 1 rings (SSSR count). The first-order valence-electron chi connectivity index (χ1n) is 3.74. The van der Waals surface area contributed by atoms with Crippen molar-refractivity contribution in [1.82, 2.24) is 9.97 Å². The van der Waals surface area contributed by atoms with Crippen LogP contribution in [0, 0.1) is 0 Å². The van der Waals surface area contributed by atoms with E-state index in [2.05, 4.69) is 16.9 Å². The summed E-state index contributed by atoms with van der Waals surface area (Å²) in [5.41, 5.74) is 0. The third kappa shape index (κ3) is 2.53. The Morgan fingerprint density at radius 2 is 2.09 bits per heavy atom. The molecule has 3 nitrogen and oxygen atoms in total. The molecule has 0 N–H and O–H groups in total. The molecule has 1 aromatic rings. The minimum absolute atomic E-state index is 0.237. The predicted octanol–water partition coefficient (Wildman–Crippen LogP) is 1.65. The van der Waals surface area contributed by atoms with E-state index >= 15 is 0 Å². The van der Waals surface area contributed by atoms with E-state index in [1.807, 2.05) is 6.92 Å². The highest BCUT2D eigenvalue weighted by atomic mass is 16.5. The smallest absolute Gasteiger partial charge is 0.156 e. The Kier molecular flexibility index (Phi) is 2.83. The van der Waals surface area contributed by atoms with Gasteiger partial charge < -0.3 is 4.74 Å². The highest BCUT2D eigenvalue weighted by Crippen LogP contribution is 2.08. The normalized spacial score (nSPS) is 12.5. The van der Waals surface area contributed by atoms with Crippen molar-refractivity contribution in [2.75, 3.05) is 0 Å². The van der Waals surface area contributed by atoms with Gasteiger partial charge in [-0.3, -0.25) is 0 Å². The van der Waals surface area contributed by atoms with E-state index in [0.717, 1.165) is 12.2 Å². The van der Waals surface area contributed by atoms with Crippen molar-refractivity contribution in [3.8, 4) is 5.75 Å². The van der Waals surface area contributed by atoms with Gasteiger partial charge in [-0.25, -0.2) is 9.97 Å². The van der Waals surface area contributed by atoms with Crippen molar-refractivity contribution < 1.29 is 4.74 Å². The third-order valence-corrected chi connectivity index (χ3v) is 1.45. The second kappa shape index (κ2) is 3.91. The van der Waals surface area contributed by atoms with Gasteiger partial charge in [0, 0.05) is 0 Å². The predicted molar refractivity (Wildman–Crippen MR) is 42.4 cm³/mol. The van der Waals surface area contributed by atoms with Gasteiger partial charge in [0.15, 0.2) is 5.75 Å². The zero-order valence-electron chi connectivity index (χ0n) is 6.82. The highest BCUT2D eigenvalue weighted by molar-refractivity contribution is 5.10. The lowest BCUT2D eigenvalue weighted by atomic mass is 10.3. The summed E-state index contributed by atoms with van der Waals surface area (Å²) in [6.07, 6.45) is 6.05. The molecular formula is C8H12N2O. The number of rotatable bonds is 3. The molecule has 0 radical (unpaired) electrons. The quantitative estimate of drug-likeness (QED) is 0.660. The standard InChI is InChI=1S/C8H12N2O/c1-3-7(2)11-8-4-9-6-10-5-8/h4-7H,3H2,1-2H3. The summed E-state index contributed by atoms with van der Waals surface area (Å²) < 4.78 is 5.44. The Hall–Kier alpha value is -1.12. The van der Waals surface area contributed by atoms with Gasteiger partial charge in [0.2, 0.25) is 0 Å². The molecule has 11 heavy (non-hydrogen) atoms. The average molecular weight is 152 g/mol. The van der Waals surface area contributed by atoms with Crippen LogP contribution in [0.2, 0.25) is 0 Å². The number of hydrogen-bond acceptors (Lipinski definition) is 3. The summed E-state index contributed by atoms with van der Waals surface area (Å²) in [5, 5.41) is 0. The number of nitrogens with zero attached hydrogens (tertiary/aromatic N) is 2. The largest absolute Gasteiger partial charge is 0.487 e. The minimum atomic E-state index is 0.237. The van der Waals surface area contributed by atoms with Crippen molar-refractivity contribution in [3.05, 3.63) is 18.7 Å². The lowest BCUT2D eigenvalue weighted by Gasteiger charge is -2.10. The molecule has 0 bridgehead atoms. The maximum Gasteiger partial charge on any atom is 0.156 e. The topological polar surface area (TPSA) is 35.0 Å². The minimum Gasteiger partial charge on any atom is -0.487 e. The Bertz CT molecular complexity index is 201. The van der Waals surface area contributed by atoms with Gasteiger partial charge in [-0.1, -0.05) is 6.92 Å². The number of ether oxygens (including phenoxy) is 1. The first-order valence-corrected chi connectivity index (χ1v) is 3.74. The molecule has 1 atom stereocenters. The average Bonchev–Trinajstić information content (AvgIpc) is 2.06. The monoisotopic (exact) mass is 152 g/mol. The van der Waals surface area contributed by atoms with Gasteiger partial charge in [0.25, 0.3) is 0 Å². The second-order valence-corrected chi connectivity index (χ2v) is 2.41. The maximum absolute atomic E-state index is 5.44. The first-order chi connectivity index (χ1) is 5.33. The van der Waals surface area contributed by atoms with Crippen molar-refractivity contribution in [3.63, 3.8) is 0 Å². The lowest BCUT2D eigenvalue weighted by Crippen LogP contribution is -2.09. The Morgan fingerprint density at radius 3 is 2.64 bits per heavy atom. The van der Waals surface area contributed by atoms with Gasteiger partial charge in [-0.05, 0) is 13.3 Å². The first kappa shape index (κ1) is 7.98. The molecule has 60 valence electrons. The van der Waals surface area contributed by atoms with Crippen LogP contribution in [0.3, 0.4) is 0 Å². The van der Waals surface area contributed by atoms with E-state index in [4.69, 9.17) is 4.74 Å². The summed E-state index contributed by atoms with van der Waals surface area (Å²) in [4.78, 5) is 7.67. The van der Waals surface area contributed by atoms with Crippen LogP contribution < -0.4 is 4.74 Å². The summed E-state index contributed by atoms with van der Waals surface area (Å²) in [6.45, 7) is 4.10. The van der Waals surface area contributed by atoms with Crippen LogP contribution in [0.15, 0.2) is 18.7 Å². The molecule has 0 fully saturated rings. The van der Waals surface area contributed by atoms with Crippen molar-refractivity contribution >= 4 is 0 Å². The molecule has 0 saturated heterocycles. The van der Waals surface area contributed by atoms with Crippen molar-refractivity contribution in [1.29, 1.82) is 0 Å². The highest BCUT2D eigenvalue weighted by Gasteiger charge is 1.99.